The molecule has 2 fully saturated rings. The summed E-state index contributed by atoms with van der Waals surface area (Å²) in [5, 5.41) is 0. The Balaban J connectivity index is 1.62. The molecule has 0 bridgehead atoms. The molecular weight excluding hydrogens is 362 g/mol. The Morgan fingerprint density at radius 1 is 1.04 bits per heavy atom. The Hall–Kier alpha value is -1.44. The molecule has 0 aromatic heterocycles. The molecule has 1 saturated heterocycles. The molecule has 1 heterocycles. The van der Waals surface area contributed by atoms with Gasteiger partial charge in [0.25, 0.3) is 5.91 Å². The molecular formula is C20H31N3O3S. The van der Waals surface area contributed by atoms with Crippen molar-refractivity contribution in [2.75, 3.05) is 40.3 Å². The van der Waals surface area contributed by atoms with Crippen LogP contribution in [0.25, 0.3) is 0 Å². The molecule has 0 N–H and O–H groups in total. The van der Waals surface area contributed by atoms with Gasteiger partial charge in [0.2, 0.25) is 10.0 Å². The molecule has 3 rings (SSSR count). The standard InChI is InChI=1S/C20H31N3O3S/c1-21-12-14-23(15-13-21)27(25,26)16-17-8-10-18(11-9-17)20(24)22(2)19-6-4-3-5-7-19/h8-11,19H,3-7,12-16H2,1-2H3. The normalized spacial score (nSPS) is 20.5. The van der Waals surface area contributed by atoms with Gasteiger partial charge in [0, 0.05) is 44.8 Å². The number of carbonyl (C=O) groups is 1. The second-order valence-corrected chi connectivity index (χ2v) is 9.83. The number of benzene rings is 1. The fraction of sp³-hybridized carbons (Fsp3) is 0.650. The summed E-state index contributed by atoms with van der Waals surface area (Å²) in [6.45, 7) is 2.61. The molecule has 1 aromatic rings. The van der Waals surface area contributed by atoms with Crippen molar-refractivity contribution in [3.05, 3.63) is 35.4 Å². The lowest BCUT2D eigenvalue weighted by Gasteiger charge is -2.31. The number of nitrogens with zero attached hydrogens (tertiary/aromatic N) is 3. The summed E-state index contributed by atoms with van der Waals surface area (Å²) in [5.74, 6) is 0.0132. The zero-order chi connectivity index (χ0) is 19.4. The van der Waals surface area contributed by atoms with Crippen molar-refractivity contribution in [2.24, 2.45) is 0 Å². The number of likely N-dealkylation sites (N-methyl/N-ethyl adjacent to an activating group) is 1. The van der Waals surface area contributed by atoms with E-state index in [1.54, 1.807) is 28.6 Å². The van der Waals surface area contributed by atoms with E-state index in [-0.39, 0.29) is 11.7 Å². The quantitative estimate of drug-likeness (QED) is 0.769. The number of rotatable bonds is 5. The number of sulfonamides is 1. The van der Waals surface area contributed by atoms with Crippen molar-refractivity contribution < 1.29 is 13.2 Å². The van der Waals surface area contributed by atoms with Gasteiger partial charge in [0.05, 0.1) is 5.75 Å². The summed E-state index contributed by atoms with van der Waals surface area (Å²) in [6, 6.07) is 7.39. The number of hydrogen-bond acceptors (Lipinski definition) is 4. The molecule has 0 atom stereocenters. The molecule has 27 heavy (non-hydrogen) atoms. The van der Waals surface area contributed by atoms with Crippen LogP contribution in [0.5, 0.6) is 0 Å². The Kier molecular flexibility index (Phi) is 6.55. The van der Waals surface area contributed by atoms with Gasteiger partial charge < -0.3 is 9.80 Å². The van der Waals surface area contributed by atoms with Gasteiger partial charge in [-0.2, -0.15) is 4.31 Å². The number of piperazine rings is 1. The lowest BCUT2D eigenvalue weighted by molar-refractivity contribution is 0.0696. The van der Waals surface area contributed by atoms with Crippen LogP contribution in [0.4, 0.5) is 0 Å². The van der Waals surface area contributed by atoms with Gasteiger partial charge in [0.15, 0.2) is 0 Å². The molecule has 1 amide bonds. The summed E-state index contributed by atoms with van der Waals surface area (Å²) >= 11 is 0. The van der Waals surface area contributed by atoms with Gasteiger partial charge in [0.1, 0.15) is 0 Å². The van der Waals surface area contributed by atoms with Crippen molar-refractivity contribution >= 4 is 15.9 Å². The first-order valence-corrected chi connectivity index (χ1v) is 11.5. The maximum atomic E-state index is 12.7. The monoisotopic (exact) mass is 393 g/mol. The van der Waals surface area contributed by atoms with Crippen molar-refractivity contribution in [2.45, 2.75) is 43.9 Å². The van der Waals surface area contributed by atoms with E-state index in [0.717, 1.165) is 31.5 Å². The van der Waals surface area contributed by atoms with Crippen LogP contribution in [0.2, 0.25) is 0 Å². The minimum atomic E-state index is -3.32. The largest absolute Gasteiger partial charge is 0.339 e. The lowest BCUT2D eigenvalue weighted by Crippen LogP contribution is -2.47. The fourth-order valence-corrected chi connectivity index (χ4v) is 5.47. The minimum Gasteiger partial charge on any atom is -0.339 e. The van der Waals surface area contributed by atoms with E-state index in [9.17, 15) is 13.2 Å². The number of amides is 1. The molecule has 150 valence electrons. The Morgan fingerprint density at radius 2 is 1.63 bits per heavy atom. The second-order valence-electron chi connectivity index (χ2n) is 7.86. The topological polar surface area (TPSA) is 60.9 Å². The molecule has 0 radical (unpaired) electrons. The molecule has 6 nitrogen and oxygen atoms in total. The number of hydrogen-bond donors (Lipinski definition) is 0. The van der Waals surface area contributed by atoms with E-state index in [2.05, 4.69) is 4.90 Å². The Morgan fingerprint density at radius 3 is 2.22 bits per heavy atom. The van der Waals surface area contributed by atoms with Crippen molar-refractivity contribution in [1.82, 2.24) is 14.1 Å². The van der Waals surface area contributed by atoms with E-state index < -0.39 is 10.0 Å². The van der Waals surface area contributed by atoms with E-state index in [4.69, 9.17) is 0 Å². The lowest BCUT2D eigenvalue weighted by atomic mass is 9.94. The van der Waals surface area contributed by atoms with Crippen molar-refractivity contribution in [3.63, 3.8) is 0 Å². The van der Waals surface area contributed by atoms with E-state index in [0.29, 0.717) is 24.7 Å². The molecule has 0 unspecified atom stereocenters. The maximum absolute atomic E-state index is 12.7. The zero-order valence-electron chi connectivity index (χ0n) is 16.4. The smallest absolute Gasteiger partial charge is 0.253 e. The van der Waals surface area contributed by atoms with E-state index >= 15 is 0 Å². The maximum Gasteiger partial charge on any atom is 0.253 e. The first-order valence-electron chi connectivity index (χ1n) is 9.89. The predicted molar refractivity (Wildman–Crippen MR) is 107 cm³/mol. The van der Waals surface area contributed by atoms with Crippen molar-refractivity contribution in [1.29, 1.82) is 0 Å². The van der Waals surface area contributed by atoms with E-state index in [1.807, 2.05) is 19.0 Å². The third kappa shape index (κ3) is 5.09. The SMILES string of the molecule is CN1CCN(S(=O)(=O)Cc2ccc(C(=O)N(C)C3CCCCC3)cc2)CC1. The van der Waals surface area contributed by atoms with Crippen LogP contribution in [0, 0.1) is 0 Å². The Bertz CT molecular complexity index is 734. The second kappa shape index (κ2) is 8.71. The molecule has 1 aliphatic heterocycles. The summed E-state index contributed by atoms with van der Waals surface area (Å²) in [4.78, 5) is 16.7. The highest BCUT2D eigenvalue weighted by Crippen LogP contribution is 2.23. The highest BCUT2D eigenvalue weighted by molar-refractivity contribution is 7.88. The molecule has 2 aliphatic rings. The van der Waals surface area contributed by atoms with E-state index in [1.165, 1.54) is 19.3 Å². The Labute approximate surface area is 163 Å². The first-order chi connectivity index (χ1) is 12.9. The van der Waals surface area contributed by atoms with Crippen LogP contribution in [-0.4, -0.2) is 74.7 Å². The van der Waals surface area contributed by atoms with Gasteiger partial charge in [-0.1, -0.05) is 31.4 Å². The van der Waals surface area contributed by atoms with Gasteiger partial charge >= 0.3 is 0 Å². The van der Waals surface area contributed by atoms with Crippen molar-refractivity contribution in [3.8, 4) is 0 Å². The summed E-state index contributed by atoms with van der Waals surface area (Å²) in [5.41, 5.74) is 1.36. The summed E-state index contributed by atoms with van der Waals surface area (Å²) in [7, 11) is 0.568. The third-order valence-corrected chi connectivity index (χ3v) is 7.70. The minimum absolute atomic E-state index is 0.0103. The highest BCUT2D eigenvalue weighted by Gasteiger charge is 2.26. The number of carbonyl (C=O) groups excluding carboxylic acids is 1. The molecule has 0 spiro atoms. The van der Waals surface area contributed by atoms with Gasteiger partial charge in [-0.3, -0.25) is 4.79 Å². The third-order valence-electron chi connectivity index (χ3n) is 5.85. The van der Waals surface area contributed by atoms with Crippen LogP contribution in [-0.2, 0) is 15.8 Å². The van der Waals surface area contributed by atoms with Gasteiger partial charge in [-0.05, 0) is 37.6 Å². The van der Waals surface area contributed by atoms with Crippen LogP contribution < -0.4 is 0 Å². The van der Waals surface area contributed by atoms with Gasteiger partial charge in [-0.25, -0.2) is 8.42 Å². The predicted octanol–water partition coefficient (Wildman–Crippen LogP) is 2.17. The van der Waals surface area contributed by atoms with Crippen LogP contribution >= 0.6 is 0 Å². The van der Waals surface area contributed by atoms with Gasteiger partial charge in [-0.15, -0.1) is 0 Å². The molecule has 1 aliphatic carbocycles. The fourth-order valence-electron chi connectivity index (χ4n) is 3.95. The molecule has 7 heteroatoms. The summed E-state index contributed by atoms with van der Waals surface area (Å²) in [6.07, 6.45) is 5.78. The first kappa shape index (κ1) is 20.3. The van der Waals surface area contributed by atoms with Crippen LogP contribution in [0.3, 0.4) is 0 Å². The molecule has 1 aromatic carbocycles. The van der Waals surface area contributed by atoms with Crippen LogP contribution in [0.15, 0.2) is 24.3 Å². The average Bonchev–Trinajstić information content (AvgIpc) is 2.68. The highest BCUT2D eigenvalue weighted by atomic mass is 32.2. The summed E-state index contributed by atoms with van der Waals surface area (Å²) < 4.78 is 26.8. The zero-order valence-corrected chi connectivity index (χ0v) is 17.2. The average molecular weight is 394 g/mol. The molecule has 1 saturated carbocycles. The van der Waals surface area contributed by atoms with Crippen LogP contribution in [0.1, 0.15) is 48.0 Å².